The predicted octanol–water partition coefficient (Wildman–Crippen LogP) is 1.70. The fourth-order valence-electron chi connectivity index (χ4n) is 1.26. The van der Waals surface area contributed by atoms with E-state index in [9.17, 15) is 9.59 Å². The number of carboxylic acid groups (broad SMARTS) is 2. The average Bonchev–Trinajstić information content (AvgIpc) is 2.20. The molecule has 0 aromatic heterocycles. The van der Waals surface area contributed by atoms with Gasteiger partial charge in [0.2, 0.25) is 0 Å². The topological polar surface area (TPSA) is 74.6 Å². The van der Waals surface area contributed by atoms with Gasteiger partial charge in [-0.2, -0.15) is 0 Å². The van der Waals surface area contributed by atoms with E-state index in [1.165, 1.54) is 0 Å². The summed E-state index contributed by atoms with van der Waals surface area (Å²) in [4.78, 5) is 20.4. The molecule has 0 heterocycles. The molecule has 0 radical (unpaired) electrons. The van der Waals surface area contributed by atoms with Crippen LogP contribution < -0.4 is 0 Å². The molecule has 1 rings (SSSR count). The van der Waals surface area contributed by atoms with Crippen LogP contribution in [0.1, 0.15) is 11.1 Å². The van der Waals surface area contributed by atoms with Gasteiger partial charge in [-0.05, 0) is 17.5 Å². The Morgan fingerprint density at radius 3 is 2.06 bits per heavy atom. The van der Waals surface area contributed by atoms with Crippen LogP contribution in [0.15, 0.2) is 24.3 Å². The normalized spacial score (nSPS) is 12.1. The molecule has 1 aromatic rings. The van der Waals surface area contributed by atoms with Crippen LogP contribution in [0.25, 0.3) is 0 Å². The van der Waals surface area contributed by atoms with E-state index in [0.29, 0.717) is 12.0 Å². The molecular formula is C11H11BrO4. The number of alkyl halides is 1. The Hall–Kier alpha value is -1.36. The molecule has 5 heteroatoms. The van der Waals surface area contributed by atoms with E-state index in [-0.39, 0.29) is 6.42 Å². The number of benzene rings is 1. The molecule has 0 saturated carbocycles. The largest absolute Gasteiger partial charge is 0.481 e. The summed E-state index contributed by atoms with van der Waals surface area (Å²) in [6.07, 6.45) is 0.361. The summed E-state index contributed by atoms with van der Waals surface area (Å²) in [5, 5.41) is 17.3. The maximum Gasteiger partial charge on any atom is 0.317 e. The van der Waals surface area contributed by atoms with Gasteiger partial charge in [0.1, 0.15) is 4.83 Å². The lowest BCUT2D eigenvalue weighted by molar-refractivity contribution is -0.137. The zero-order valence-corrected chi connectivity index (χ0v) is 9.98. The summed E-state index contributed by atoms with van der Waals surface area (Å²) in [5.41, 5.74) is 1.57. The zero-order valence-electron chi connectivity index (χ0n) is 8.39. The van der Waals surface area contributed by atoms with Crippen LogP contribution in [0.2, 0.25) is 0 Å². The molecule has 1 unspecified atom stereocenters. The Kier molecular flexibility index (Phi) is 4.49. The lowest BCUT2D eigenvalue weighted by Gasteiger charge is -2.05. The zero-order chi connectivity index (χ0) is 12.1. The Morgan fingerprint density at radius 2 is 1.62 bits per heavy atom. The number of hydrogen-bond donors (Lipinski definition) is 2. The van der Waals surface area contributed by atoms with Crippen LogP contribution in [0.5, 0.6) is 0 Å². The molecule has 0 amide bonds. The van der Waals surface area contributed by atoms with Crippen molar-refractivity contribution in [2.75, 3.05) is 0 Å². The minimum Gasteiger partial charge on any atom is -0.481 e. The minimum absolute atomic E-state index is 0.0169. The molecule has 0 spiro atoms. The van der Waals surface area contributed by atoms with E-state index in [1.54, 1.807) is 24.3 Å². The molecule has 1 atom stereocenters. The molecule has 0 fully saturated rings. The molecule has 1 aromatic carbocycles. The van der Waals surface area contributed by atoms with Crippen LogP contribution in [0.3, 0.4) is 0 Å². The highest BCUT2D eigenvalue weighted by Gasteiger charge is 2.13. The Balaban J connectivity index is 2.64. The van der Waals surface area contributed by atoms with Gasteiger partial charge in [0, 0.05) is 0 Å². The molecule has 0 aliphatic rings. The van der Waals surface area contributed by atoms with Crippen molar-refractivity contribution < 1.29 is 19.8 Å². The highest BCUT2D eigenvalue weighted by molar-refractivity contribution is 9.10. The van der Waals surface area contributed by atoms with Crippen molar-refractivity contribution in [3.63, 3.8) is 0 Å². The minimum atomic E-state index is -0.908. The van der Waals surface area contributed by atoms with Crippen LogP contribution in [-0.4, -0.2) is 27.0 Å². The van der Waals surface area contributed by atoms with Gasteiger partial charge in [0.25, 0.3) is 0 Å². The van der Waals surface area contributed by atoms with E-state index in [0.717, 1.165) is 5.56 Å². The molecule has 4 nitrogen and oxygen atoms in total. The lowest BCUT2D eigenvalue weighted by Crippen LogP contribution is -2.15. The maximum absolute atomic E-state index is 10.6. The first-order chi connectivity index (χ1) is 7.49. The maximum atomic E-state index is 10.6. The molecule has 16 heavy (non-hydrogen) atoms. The SMILES string of the molecule is O=C(O)Cc1ccc(CC(Br)C(=O)O)cc1. The van der Waals surface area contributed by atoms with Gasteiger partial charge in [0.05, 0.1) is 6.42 Å². The highest BCUT2D eigenvalue weighted by Crippen LogP contribution is 2.12. The monoisotopic (exact) mass is 286 g/mol. The first-order valence-corrected chi connectivity index (χ1v) is 5.57. The number of aliphatic carboxylic acids is 2. The number of halogens is 1. The summed E-state index contributed by atoms with van der Waals surface area (Å²) in [6.45, 7) is 0. The van der Waals surface area contributed by atoms with Gasteiger partial charge in [-0.15, -0.1) is 0 Å². The molecule has 0 aliphatic carbocycles. The quantitative estimate of drug-likeness (QED) is 0.808. The van der Waals surface area contributed by atoms with Gasteiger partial charge in [-0.1, -0.05) is 40.2 Å². The van der Waals surface area contributed by atoms with Gasteiger partial charge in [-0.3, -0.25) is 9.59 Å². The third-order valence-corrected chi connectivity index (χ3v) is 2.78. The van der Waals surface area contributed by atoms with Gasteiger partial charge in [0.15, 0.2) is 0 Å². The van der Waals surface area contributed by atoms with Crippen LogP contribution in [0.4, 0.5) is 0 Å². The second-order valence-corrected chi connectivity index (χ2v) is 4.50. The van der Waals surface area contributed by atoms with Gasteiger partial charge >= 0.3 is 11.9 Å². The van der Waals surface area contributed by atoms with Gasteiger partial charge < -0.3 is 10.2 Å². The van der Waals surface area contributed by atoms with Crippen LogP contribution in [0, 0.1) is 0 Å². The van der Waals surface area contributed by atoms with Gasteiger partial charge in [-0.25, -0.2) is 0 Å². The number of hydrogen-bond acceptors (Lipinski definition) is 2. The second-order valence-electron chi connectivity index (χ2n) is 3.40. The Bertz CT molecular complexity index is 385. The van der Waals surface area contributed by atoms with Crippen molar-refractivity contribution in [1.29, 1.82) is 0 Å². The second kappa shape index (κ2) is 5.65. The first kappa shape index (κ1) is 12.7. The Morgan fingerprint density at radius 1 is 1.12 bits per heavy atom. The average molecular weight is 287 g/mol. The smallest absolute Gasteiger partial charge is 0.317 e. The summed E-state index contributed by atoms with van der Waals surface area (Å²) in [7, 11) is 0. The number of rotatable bonds is 5. The Labute approximate surface area is 101 Å². The lowest BCUT2D eigenvalue weighted by atomic mass is 10.1. The van der Waals surface area contributed by atoms with Crippen molar-refractivity contribution in [2.45, 2.75) is 17.7 Å². The van der Waals surface area contributed by atoms with Crippen LogP contribution >= 0.6 is 15.9 Å². The molecule has 0 saturated heterocycles. The van der Waals surface area contributed by atoms with E-state index >= 15 is 0 Å². The molecule has 86 valence electrons. The summed E-state index contributed by atoms with van der Waals surface area (Å²) >= 11 is 3.04. The third-order valence-electron chi connectivity index (χ3n) is 2.06. The molecule has 0 bridgehead atoms. The standard InChI is InChI=1S/C11H11BrO4/c12-9(11(15)16)5-7-1-3-8(4-2-7)6-10(13)14/h1-4,9H,5-6H2,(H,13,14)(H,15,16). The highest BCUT2D eigenvalue weighted by atomic mass is 79.9. The van der Waals surface area contributed by atoms with Crippen molar-refractivity contribution in [2.24, 2.45) is 0 Å². The summed E-state index contributed by atoms with van der Waals surface area (Å²) in [6, 6.07) is 6.89. The number of carbonyl (C=O) groups is 2. The van der Waals surface area contributed by atoms with Crippen LogP contribution in [-0.2, 0) is 22.4 Å². The third kappa shape index (κ3) is 4.02. The van der Waals surface area contributed by atoms with E-state index < -0.39 is 16.8 Å². The van der Waals surface area contributed by atoms with Crippen molar-refractivity contribution in [3.8, 4) is 0 Å². The number of carboxylic acids is 2. The van der Waals surface area contributed by atoms with E-state index in [4.69, 9.17) is 10.2 Å². The van der Waals surface area contributed by atoms with Crippen molar-refractivity contribution >= 4 is 27.9 Å². The van der Waals surface area contributed by atoms with Crippen molar-refractivity contribution in [3.05, 3.63) is 35.4 Å². The van der Waals surface area contributed by atoms with E-state index in [2.05, 4.69) is 15.9 Å². The first-order valence-electron chi connectivity index (χ1n) is 4.65. The molecule has 2 N–H and O–H groups in total. The predicted molar refractivity (Wildman–Crippen MR) is 61.8 cm³/mol. The van der Waals surface area contributed by atoms with Crippen molar-refractivity contribution in [1.82, 2.24) is 0 Å². The summed E-state index contributed by atoms with van der Waals surface area (Å²) in [5.74, 6) is -1.79. The fourth-order valence-corrected chi connectivity index (χ4v) is 1.64. The fraction of sp³-hybridized carbons (Fsp3) is 0.273. The molecular weight excluding hydrogens is 276 g/mol. The molecule has 0 aliphatic heterocycles. The summed E-state index contributed by atoms with van der Waals surface area (Å²) < 4.78 is 0. The van der Waals surface area contributed by atoms with E-state index in [1.807, 2.05) is 0 Å².